The molecule has 0 fully saturated rings. The maximum atomic E-state index is 12.4. The van der Waals surface area contributed by atoms with Crippen LogP contribution in [-0.2, 0) is 16.0 Å². The molecular formula is C21H23N3O4. The van der Waals surface area contributed by atoms with E-state index in [-0.39, 0.29) is 17.7 Å². The minimum Gasteiger partial charge on any atom is -0.454 e. The SMILES string of the molecule is CCCC(=O)OC1CCc2cc(NC(=O)c3ccc(C(=N)N)cc3)ccc2O1. The van der Waals surface area contributed by atoms with E-state index in [1.807, 2.05) is 13.0 Å². The maximum absolute atomic E-state index is 12.4. The fraction of sp³-hybridized carbons (Fsp3) is 0.286. The third-order valence-corrected chi connectivity index (χ3v) is 4.40. The van der Waals surface area contributed by atoms with Crippen molar-refractivity contribution in [3.8, 4) is 5.75 Å². The molecule has 0 saturated carbocycles. The van der Waals surface area contributed by atoms with Crippen LogP contribution in [0.1, 0.15) is 47.7 Å². The number of carbonyl (C=O) groups excluding carboxylic acids is 2. The summed E-state index contributed by atoms with van der Waals surface area (Å²) < 4.78 is 11.1. The Hall–Kier alpha value is -3.35. The monoisotopic (exact) mass is 381 g/mol. The normalized spacial score (nSPS) is 15.1. The van der Waals surface area contributed by atoms with Crippen LogP contribution in [0.25, 0.3) is 0 Å². The van der Waals surface area contributed by atoms with Crippen LogP contribution in [-0.4, -0.2) is 24.0 Å². The highest BCUT2D eigenvalue weighted by atomic mass is 16.7. The topological polar surface area (TPSA) is 114 Å². The minimum atomic E-state index is -0.563. The van der Waals surface area contributed by atoms with E-state index in [2.05, 4.69) is 5.32 Å². The van der Waals surface area contributed by atoms with Crippen molar-refractivity contribution in [1.82, 2.24) is 0 Å². The summed E-state index contributed by atoms with van der Waals surface area (Å²) in [5, 5.41) is 10.2. The van der Waals surface area contributed by atoms with Crippen LogP contribution in [0.4, 0.5) is 5.69 Å². The van der Waals surface area contributed by atoms with Crippen LogP contribution < -0.4 is 15.8 Å². The van der Waals surface area contributed by atoms with Gasteiger partial charge < -0.3 is 20.5 Å². The minimum absolute atomic E-state index is 0.0414. The third kappa shape index (κ3) is 4.68. The first kappa shape index (κ1) is 19.4. The molecule has 0 aromatic heterocycles. The summed E-state index contributed by atoms with van der Waals surface area (Å²) in [4.78, 5) is 24.0. The van der Waals surface area contributed by atoms with Crippen molar-refractivity contribution < 1.29 is 19.1 Å². The molecule has 1 aliphatic rings. The first-order valence-electron chi connectivity index (χ1n) is 9.21. The smallest absolute Gasteiger partial charge is 0.308 e. The lowest BCUT2D eigenvalue weighted by Gasteiger charge is -2.26. The number of carbonyl (C=O) groups is 2. The van der Waals surface area contributed by atoms with E-state index < -0.39 is 6.29 Å². The number of fused-ring (bicyclic) bond motifs is 1. The first-order valence-corrected chi connectivity index (χ1v) is 9.21. The molecule has 0 aliphatic carbocycles. The standard InChI is InChI=1S/C21H23N3O4/c1-2-3-18(25)28-19-11-8-15-12-16(9-10-17(15)27-19)24-21(26)14-6-4-13(5-7-14)20(22)23/h4-7,9-10,12,19H,2-3,8,11H2,1H3,(H3,22,23)(H,24,26). The lowest BCUT2D eigenvalue weighted by Crippen LogP contribution is -2.28. The largest absolute Gasteiger partial charge is 0.454 e. The Morgan fingerprint density at radius 2 is 1.93 bits per heavy atom. The summed E-state index contributed by atoms with van der Waals surface area (Å²) in [7, 11) is 0. The van der Waals surface area contributed by atoms with E-state index in [0.29, 0.717) is 41.8 Å². The third-order valence-electron chi connectivity index (χ3n) is 4.40. The lowest BCUT2D eigenvalue weighted by atomic mass is 10.0. The van der Waals surface area contributed by atoms with Crippen molar-refractivity contribution in [2.24, 2.45) is 5.73 Å². The Balaban J connectivity index is 1.63. The van der Waals surface area contributed by atoms with Gasteiger partial charge in [0.2, 0.25) is 6.29 Å². The van der Waals surface area contributed by atoms with Crippen LogP contribution in [0.3, 0.4) is 0 Å². The number of nitrogen functional groups attached to an aromatic ring is 1. The number of amides is 1. The van der Waals surface area contributed by atoms with Gasteiger partial charge in [-0.3, -0.25) is 15.0 Å². The van der Waals surface area contributed by atoms with E-state index in [0.717, 1.165) is 12.0 Å². The predicted molar refractivity (Wildman–Crippen MR) is 106 cm³/mol. The Labute approximate surface area is 163 Å². The summed E-state index contributed by atoms with van der Waals surface area (Å²) in [5.41, 5.74) is 8.07. The van der Waals surface area contributed by atoms with Gasteiger partial charge in [-0.15, -0.1) is 0 Å². The zero-order valence-corrected chi connectivity index (χ0v) is 15.7. The van der Waals surface area contributed by atoms with Crippen molar-refractivity contribution in [2.45, 2.75) is 38.9 Å². The van der Waals surface area contributed by atoms with Gasteiger partial charge in [-0.2, -0.15) is 0 Å². The second kappa shape index (κ2) is 8.56. The van der Waals surface area contributed by atoms with E-state index in [4.69, 9.17) is 20.6 Å². The van der Waals surface area contributed by atoms with Crippen molar-refractivity contribution >= 4 is 23.4 Å². The Bertz CT molecular complexity index is 893. The molecule has 0 radical (unpaired) electrons. The molecule has 4 N–H and O–H groups in total. The van der Waals surface area contributed by atoms with Gasteiger partial charge in [0.25, 0.3) is 5.91 Å². The Morgan fingerprint density at radius 1 is 1.21 bits per heavy atom. The summed E-state index contributed by atoms with van der Waals surface area (Å²) in [6.45, 7) is 1.92. The summed E-state index contributed by atoms with van der Waals surface area (Å²) in [6.07, 6.45) is 1.82. The zero-order chi connectivity index (χ0) is 20.1. The molecule has 2 aromatic carbocycles. The van der Waals surface area contributed by atoms with Crippen molar-refractivity contribution in [1.29, 1.82) is 5.41 Å². The number of aryl methyl sites for hydroxylation is 1. The summed E-state index contributed by atoms with van der Waals surface area (Å²) in [6, 6.07) is 11.9. The number of ether oxygens (including phenoxy) is 2. The Kier molecular flexibility index (Phi) is 5.93. The average Bonchev–Trinajstić information content (AvgIpc) is 2.68. The van der Waals surface area contributed by atoms with E-state index in [1.54, 1.807) is 36.4 Å². The van der Waals surface area contributed by atoms with Crippen molar-refractivity contribution in [2.75, 3.05) is 5.32 Å². The van der Waals surface area contributed by atoms with Crippen LogP contribution >= 0.6 is 0 Å². The molecule has 1 heterocycles. The molecular weight excluding hydrogens is 358 g/mol. The molecule has 146 valence electrons. The first-order chi connectivity index (χ1) is 13.5. The number of benzene rings is 2. The number of nitrogens with two attached hydrogens (primary N) is 1. The van der Waals surface area contributed by atoms with E-state index in [1.165, 1.54) is 0 Å². The van der Waals surface area contributed by atoms with E-state index in [9.17, 15) is 9.59 Å². The number of hydrogen-bond acceptors (Lipinski definition) is 5. The molecule has 1 amide bonds. The van der Waals surface area contributed by atoms with Crippen molar-refractivity contribution in [3.05, 3.63) is 59.2 Å². The molecule has 1 atom stereocenters. The number of rotatable bonds is 6. The highest BCUT2D eigenvalue weighted by Crippen LogP contribution is 2.30. The summed E-state index contributed by atoms with van der Waals surface area (Å²) in [5.74, 6) is 0.110. The van der Waals surface area contributed by atoms with Crippen LogP contribution in [0.5, 0.6) is 5.75 Å². The molecule has 1 unspecified atom stereocenters. The van der Waals surface area contributed by atoms with Crippen molar-refractivity contribution in [3.63, 3.8) is 0 Å². The number of hydrogen-bond donors (Lipinski definition) is 3. The second-order valence-electron chi connectivity index (χ2n) is 6.59. The van der Waals surface area contributed by atoms with Gasteiger partial charge in [0.1, 0.15) is 11.6 Å². The number of esters is 1. The quantitative estimate of drug-likeness (QED) is 0.404. The molecule has 28 heavy (non-hydrogen) atoms. The summed E-state index contributed by atoms with van der Waals surface area (Å²) >= 11 is 0. The highest BCUT2D eigenvalue weighted by molar-refractivity contribution is 6.05. The molecule has 0 bridgehead atoms. The fourth-order valence-corrected chi connectivity index (χ4v) is 2.94. The maximum Gasteiger partial charge on any atom is 0.308 e. The van der Waals surface area contributed by atoms with Gasteiger partial charge in [0.05, 0.1) is 0 Å². The van der Waals surface area contributed by atoms with Gasteiger partial charge in [-0.1, -0.05) is 19.1 Å². The van der Waals surface area contributed by atoms with Gasteiger partial charge in [0, 0.05) is 29.7 Å². The molecule has 1 aliphatic heterocycles. The van der Waals surface area contributed by atoms with Gasteiger partial charge in [-0.05, 0) is 48.7 Å². The van der Waals surface area contributed by atoms with E-state index >= 15 is 0 Å². The number of anilines is 1. The fourth-order valence-electron chi connectivity index (χ4n) is 2.94. The molecule has 3 rings (SSSR count). The van der Waals surface area contributed by atoms with Crippen LogP contribution in [0.2, 0.25) is 0 Å². The average molecular weight is 381 g/mol. The van der Waals surface area contributed by atoms with Gasteiger partial charge in [0.15, 0.2) is 0 Å². The molecule has 0 saturated heterocycles. The molecule has 2 aromatic rings. The predicted octanol–water partition coefficient (Wildman–Crippen LogP) is 3.22. The molecule has 0 spiro atoms. The molecule has 7 nitrogen and oxygen atoms in total. The zero-order valence-electron chi connectivity index (χ0n) is 15.7. The van der Waals surface area contributed by atoms with Gasteiger partial charge >= 0.3 is 5.97 Å². The van der Waals surface area contributed by atoms with Crippen LogP contribution in [0, 0.1) is 5.41 Å². The van der Waals surface area contributed by atoms with Gasteiger partial charge in [-0.25, -0.2) is 0 Å². The Morgan fingerprint density at radius 3 is 2.61 bits per heavy atom. The second-order valence-corrected chi connectivity index (χ2v) is 6.59. The highest BCUT2D eigenvalue weighted by Gasteiger charge is 2.23. The number of amidine groups is 1. The molecule has 7 heteroatoms. The van der Waals surface area contributed by atoms with Crippen LogP contribution in [0.15, 0.2) is 42.5 Å². The number of nitrogens with one attached hydrogen (secondary N) is 2. The lowest BCUT2D eigenvalue weighted by molar-refractivity contribution is -0.165.